The lowest BCUT2D eigenvalue weighted by Gasteiger charge is -2.11. The van der Waals surface area contributed by atoms with Gasteiger partial charge in [0.1, 0.15) is 0 Å². The number of benzene rings is 3. The van der Waals surface area contributed by atoms with E-state index in [4.69, 9.17) is 4.74 Å². The molecule has 0 heterocycles. The van der Waals surface area contributed by atoms with E-state index in [0.717, 1.165) is 37.0 Å². The number of rotatable bonds is 11. The van der Waals surface area contributed by atoms with Gasteiger partial charge < -0.3 is 4.74 Å². The van der Waals surface area contributed by atoms with Crippen molar-refractivity contribution in [1.82, 2.24) is 0 Å². The Hall–Kier alpha value is -3.15. The molecule has 0 fully saturated rings. The molecule has 0 amide bonds. The Labute approximate surface area is 203 Å². The second-order valence-electron chi connectivity index (χ2n) is 8.64. The zero-order valence-corrected chi connectivity index (χ0v) is 20.1. The molecular formula is C29H30F4O2. The molecule has 0 aromatic heterocycles. The van der Waals surface area contributed by atoms with Crippen LogP contribution in [0.4, 0.5) is 17.6 Å². The highest BCUT2D eigenvalue weighted by Gasteiger charge is 2.23. The predicted octanol–water partition coefficient (Wildman–Crippen LogP) is 8.59. The predicted molar refractivity (Wildman–Crippen MR) is 130 cm³/mol. The van der Waals surface area contributed by atoms with Crippen LogP contribution in [-0.2, 0) is 12.8 Å². The van der Waals surface area contributed by atoms with Crippen LogP contribution in [0.25, 0.3) is 11.1 Å². The molecule has 0 bridgehead atoms. The molecule has 0 saturated carbocycles. The summed E-state index contributed by atoms with van der Waals surface area (Å²) in [4.78, 5) is 12.4. The Morgan fingerprint density at radius 3 is 2.09 bits per heavy atom. The third-order valence-electron chi connectivity index (χ3n) is 5.99. The summed E-state index contributed by atoms with van der Waals surface area (Å²) in [5.41, 5.74) is 1.03. The second-order valence-corrected chi connectivity index (χ2v) is 8.64. The molecule has 0 N–H and O–H groups in total. The van der Waals surface area contributed by atoms with Crippen LogP contribution in [0.2, 0.25) is 0 Å². The third kappa shape index (κ3) is 6.50. The van der Waals surface area contributed by atoms with E-state index >= 15 is 0 Å². The summed E-state index contributed by atoms with van der Waals surface area (Å²) >= 11 is 0. The first-order valence-corrected chi connectivity index (χ1v) is 12.1. The minimum Gasteiger partial charge on any atom is -0.420 e. The van der Waals surface area contributed by atoms with Gasteiger partial charge in [0, 0.05) is 5.56 Å². The molecule has 0 aliphatic carbocycles. The first-order chi connectivity index (χ1) is 16.9. The van der Waals surface area contributed by atoms with Crippen molar-refractivity contribution in [3.63, 3.8) is 0 Å². The second kappa shape index (κ2) is 12.5. The number of halogens is 4. The molecule has 0 radical (unpaired) electrons. The summed E-state index contributed by atoms with van der Waals surface area (Å²) in [5, 5.41) is 0. The standard InChI is InChI=1S/C29H30F4O2/c1-3-5-6-7-8-10-19-11-13-20(14-12-19)22-16-17-23(27(32)26(22)31)29(34)35-24-18-15-21(9-4-2)25(30)28(24)33/h11-18H,3-10H2,1-2H3. The zero-order chi connectivity index (χ0) is 25.4. The van der Waals surface area contributed by atoms with Gasteiger partial charge in [-0.1, -0.05) is 82.3 Å². The van der Waals surface area contributed by atoms with E-state index in [1.54, 1.807) is 12.1 Å². The largest absolute Gasteiger partial charge is 0.420 e. The number of ether oxygens (including phenoxy) is 1. The van der Waals surface area contributed by atoms with Gasteiger partial charge in [-0.15, -0.1) is 0 Å². The molecule has 2 nitrogen and oxygen atoms in total. The van der Waals surface area contributed by atoms with Crippen LogP contribution >= 0.6 is 0 Å². The fourth-order valence-electron chi connectivity index (χ4n) is 3.98. The third-order valence-corrected chi connectivity index (χ3v) is 5.99. The molecular weight excluding hydrogens is 456 g/mol. The van der Waals surface area contributed by atoms with Crippen LogP contribution in [0.5, 0.6) is 5.75 Å². The SMILES string of the molecule is CCCCCCCc1ccc(-c2ccc(C(=O)Oc3ccc(CCC)c(F)c3F)c(F)c2F)cc1. The maximum Gasteiger partial charge on any atom is 0.346 e. The lowest BCUT2D eigenvalue weighted by molar-refractivity contribution is 0.0720. The molecule has 0 atom stereocenters. The van der Waals surface area contributed by atoms with Crippen molar-refractivity contribution in [3.05, 3.63) is 88.5 Å². The van der Waals surface area contributed by atoms with Crippen LogP contribution < -0.4 is 4.74 Å². The topological polar surface area (TPSA) is 26.3 Å². The van der Waals surface area contributed by atoms with Gasteiger partial charge in [0.05, 0.1) is 5.56 Å². The normalized spacial score (nSPS) is 11.0. The first-order valence-electron chi connectivity index (χ1n) is 12.1. The van der Waals surface area contributed by atoms with E-state index < -0.39 is 40.6 Å². The average molecular weight is 487 g/mol. The molecule has 0 unspecified atom stereocenters. The average Bonchev–Trinajstić information content (AvgIpc) is 2.86. The Kier molecular flexibility index (Phi) is 9.47. The number of unbranched alkanes of at least 4 members (excludes halogenated alkanes) is 4. The Morgan fingerprint density at radius 1 is 0.686 bits per heavy atom. The summed E-state index contributed by atoms with van der Waals surface area (Å²) in [6.07, 6.45) is 7.70. The molecule has 3 aromatic rings. The van der Waals surface area contributed by atoms with E-state index in [9.17, 15) is 22.4 Å². The maximum atomic E-state index is 14.8. The van der Waals surface area contributed by atoms with E-state index in [1.165, 1.54) is 31.4 Å². The van der Waals surface area contributed by atoms with Crippen LogP contribution in [0.1, 0.15) is 73.9 Å². The maximum absolute atomic E-state index is 14.8. The lowest BCUT2D eigenvalue weighted by Crippen LogP contribution is -2.14. The van der Waals surface area contributed by atoms with E-state index in [0.29, 0.717) is 18.4 Å². The van der Waals surface area contributed by atoms with Crippen LogP contribution in [0.15, 0.2) is 48.5 Å². The quantitative estimate of drug-likeness (QED) is 0.117. The number of carbonyl (C=O) groups excluding carboxylic acids is 1. The molecule has 186 valence electrons. The first kappa shape index (κ1) is 26.5. The Balaban J connectivity index is 1.73. The van der Waals surface area contributed by atoms with Gasteiger partial charge in [0.2, 0.25) is 5.82 Å². The minimum atomic E-state index is -1.41. The van der Waals surface area contributed by atoms with Gasteiger partial charge in [-0.2, -0.15) is 4.39 Å². The van der Waals surface area contributed by atoms with Crippen molar-refractivity contribution in [2.45, 2.75) is 65.2 Å². The molecule has 3 rings (SSSR count). The summed E-state index contributed by atoms with van der Waals surface area (Å²) in [6, 6.07) is 12.0. The van der Waals surface area contributed by atoms with Crippen LogP contribution in [-0.4, -0.2) is 5.97 Å². The number of hydrogen-bond acceptors (Lipinski definition) is 2. The van der Waals surface area contributed by atoms with Crippen molar-refractivity contribution in [1.29, 1.82) is 0 Å². The van der Waals surface area contributed by atoms with Gasteiger partial charge in [0.25, 0.3) is 0 Å². The molecule has 6 heteroatoms. The highest BCUT2D eigenvalue weighted by Crippen LogP contribution is 2.29. The number of carbonyl (C=O) groups is 1. The van der Waals surface area contributed by atoms with Crippen molar-refractivity contribution >= 4 is 5.97 Å². The molecule has 35 heavy (non-hydrogen) atoms. The fourth-order valence-corrected chi connectivity index (χ4v) is 3.98. The number of esters is 1. The monoisotopic (exact) mass is 486 g/mol. The number of aryl methyl sites for hydroxylation is 2. The van der Waals surface area contributed by atoms with Gasteiger partial charge >= 0.3 is 5.97 Å². The van der Waals surface area contributed by atoms with Gasteiger partial charge in [-0.05, 0) is 48.1 Å². The van der Waals surface area contributed by atoms with Gasteiger partial charge in [-0.3, -0.25) is 0 Å². The molecule has 0 saturated heterocycles. The van der Waals surface area contributed by atoms with Crippen molar-refractivity contribution < 1.29 is 27.1 Å². The smallest absolute Gasteiger partial charge is 0.346 e. The van der Waals surface area contributed by atoms with Crippen molar-refractivity contribution in [3.8, 4) is 16.9 Å². The van der Waals surface area contributed by atoms with Crippen LogP contribution in [0, 0.1) is 23.3 Å². The molecule has 0 spiro atoms. The zero-order valence-electron chi connectivity index (χ0n) is 20.1. The Bertz CT molecular complexity index is 1160. The van der Waals surface area contributed by atoms with E-state index in [1.807, 2.05) is 19.1 Å². The summed E-state index contributed by atoms with van der Waals surface area (Å²) in [7, 11) is 0. The molecule has 3 aromatic carbocycles. The van der Waals surface area contributed by atoms with Gasteiger partial charge in [0.15, 0.2) is 23.2 Å². The lowest BCUT2D eigenvalue weighted by atomic mass is 9.99. The summed E-state index contributed by atoms with van der Waals surface area (Å²) < 4.78 is 62.8. The van der Waals surface area contributed by atoms with E-state index in [2.05, 4.69) is 6.92 Å². The molecule has 0 aliphatic heterocycles. The van der Waals surface area contributed by atoms with Crippen molar-refractivity contribution in [2.75, 3.05) is 0 Å². The van der Waals surface area contributed by atoms with Gasteiger partial charge in [-0.25, -0.2) is 18.0 Å². The highest BCUT2D eigenvalue weighted by molar-refractivity contribution is 5.92. The summed E-state index contributed by atoms with van der Waals surface area (Å²) in [6.45, 7) is 3.99. The number of hydrogen-bond donors (Lipinski definition) is 0. The van der Waals surface area contributed by atoms with Crippen LogP contribution in [0.3, 0.4) is 0 Å². The highest BCUT2D eigenvalue weighted by atomic mass is 19.2. The van der Waals surface area contributed by atoms with E-state index in [-0.39, 0.29) is 11.1 Å². The molecule has 0 aliphatic rings. The Morgan fingerprint density at radius 2 is 1.40 bits per heavy atom. The fraction of sp³-hybridized carbons (Fsp3) is 0.345. The van der Waals surface area contributed by atoms with Crippen molar-refractivity contribution in [2.24, 2.45) is 0 Å². The summed E-state index contributed by atoms with van der Waals surface area (Å²) in [5.74, 6) is -7.07. The minimum absolute atomic E-state index is 0.00492.